The number of Topliss-reactive ketones (excluding diaryl/α,β-unsaturated/α-hetero) is 1. The first-order valence-corrected chi connectivity index (χ1v) is 10.3. The van der Waals surface area contributed by atoms with Crippen LogP contribution in [0.15, 0.2) is 72.3 Å². The number of hydrogen-bond acceptors (Lipinski definition) is 5. The Morgan fingerprint density at radius 1 is 0.969 bits per heavy atom. The molecule has 4 rings (SSSR count). The van der Waals surface area contributed by atoms with Gasteiger partial charge in [-0.2, -0.15) is 0 Å². The lowest BCUT2D eigenvalue weighted by atomic mass is 9.95. The lowest BCUT2D eigenvalue weighted by molar-refractivity contribution is -0.132. The molecule has 1 heterocycles. The van der Waals surface area contributed by atoms with Crippen LogP contribution in [0.2, 0.25) is 10.0 Å². The number of carbonyl (C=O) groups excluding carboxylic acids is 2. The van der Waals surface area contributed by atoms with Crippen LogP contribution in [0.5, 0.6) is 11.5 Å². The van der Waals surface area contributed by atoms with Crippen molar-refractivity contribution in [3.63, 3.8) is 0 Å². The normalized spacial score (nSPS) is 17.6. The topological polar surface area (TPSA) is 87.1 Å². The fourth-order valence-corrected chi connectivity index (χ4v) is 3.96. The number of phenols is 1. The van der Waals surface area contributed by atoms with E-state index >= 15 is 0 Å². The second kappa shape index (κ2) is 8.57. The molecule has 8 heteroatoms. The van der Waals surface area contributed by atoms with Crippen molar-refractivity contribution in [1.82, 2.24) is 0 Å². The maximum Gasteiger partial charge on any atom is 0.300 e. The highest BCUT2D eigenvalue weighted by Gasteiger charge is 2.47. The summed E-state index contributed by atoms with van der Waals surface area (Å²) in [4.78, 5) is 27.5. The molecule has 1 unspecified atom stereocenters. The van der Waals surface area contributed by atoms with Crippen molar-refractivity contribution in [2.45, 2.75) is 6.04 Å². The van der Waals surface area contributed by atoms with E-state index in [1.807, 2.05) is 0 Å². The number of ether oxygens (including phenoxy) is 1. The first-order valence-electron chi connectivity index (χ1n) is 9.51. The van der Waals surface area contributed by atoms with Crippen LogP contribution in [0, 0.1) is 0 Å². The number of aromatic hydroxyl groups is 1. The average molecular weight is 470 g/mol. The molecule has 1 atom stereocenters. The molecule has 1 amide bonds. The number of anilines is 1. The van der Waals surface area contributed by atoms with Gasteiger partial charge in [0, 0.05) is 16.3 Å². The smallest absolute Gasteiger partial charge is 0.300 e. The van der Waals surface area contributed by atoms with Gasteiger partial charge in [0.25, 0.3) is 11.7 Å². The summed E-state index contributed by atoms with van der Waals surface area (Å²) in [5.41, 5.74) is 0.956. The summed E-state index contributed by atoms with van der Waals surface area (Å²) >= 11 is 12.3. The van der Waals surface area contributed by atoms with Crippen LogP contribution in [0.1, 0.15) is 17.2 Å². The van der Waals surface area contributed by atoms with Gasteiger partial charge in [0.2, 0.25) is 0 Å². The van der Waals surface area contributed by atoms with E-state index in [1.165, 1.54) is 36.3 Å². The minimum absolute atomic E-state index is 0.0213. The van der Waals surface area contributed by atoms with Gasteiger partial charge in [-0.3, -0.25) is 14.5 Å². The Bertz CT molecular complexity index is 1240. The molecule has 2 N–H and O–H groups in total. The first-order chi connectivity index (χ1) is 15.3. The number of halogens is 2. The molecule has 0 radical (unpaired) electrons. The van der Waals surface area contributed by atoms with Gasteiger partial charge >= 0.3 is 0 Å². The van der Waals surface area contributed by atoms with Crippen LogP contribution in [0.25, 0.3) is 5.76 Å². The van der Waals surface area contributed by atoms with Crippen LogP contribution in [-0.2, 0) is 9.59 Å². The molecule has 0 saturated carbocycles. The van der Waals surface area contributed by atoms with Gasteiger partial charge in [-0.25, -0.2) is 0 Å². The van der Waals surface area contributed by atoms with Crippen LogP contribution >= 0.6 is 23.2 Å². The number of rotatable bonds is 4. The molecule has 0 bridgehead atoms. The fraction of sp³-hybridized carbons (Fsp3) is 0.0833. The molecular formula is C24H17Cl2NO5. The van der Waals surface area contributed by atoms with E-state index < -0.39 is 23.5 Å². The Morgan fingerprint density at radius 3 is 2.25 bits per heavy atom. The Kier molecular flexibility index (Phi) is 5.82. The number of carbonyl (C=O) groups is 2. The Labute approximate surface area is 193 Å². The van der Waals surface area contributed by atoms with Gasteiger partial charge in [0.1, 0.15) is 17.3 Å². The lowest BCUT2D eigenvalue weighted by Gasteiger charge is -2.25. The van der Waals surface area contributed by atoms with Gasteiger partial charge < -0.3 is 14.9 Å². The van der Waals surface area contributed by atoms with E-state index in [2.05, 4.69) is 0 Å². The van der Waals surface area contributed by atoms with E-state index in [-0.39, 0.29) is 21.9 Å². The summed E-state index contributed by atoms with van der Waals surface area (Å²) in [5.74, 6) is -1.67. The van der Waals surface area contributed by atoms with Crippen LogP contribution in [0.4, 0.5) is 5.69 Å². The molecule has 0 aromatic heterocycles. The quantitative estimate of drug-likeness (QED) is 0.306. The minimum atomic E-state index is -0.959. The third kappa shape index (κ3) is 3.79. The number of methoxy groups -OCH3 is 1. The molecular weight excluding hydrogens is 453 g/mol. The zero-order chi connectivity index (χ0) is 23.0. The molecule has 6 nitrogen and oxygen atoms in total. The molecule has 1 fully saturated rings. The summed E-state index contributed by atoms with van der Waals surface area (Å²) < 4.78 is 5.20. The SMILES string of the molecule is COc1ccc(Cl)c(/C(O)=C2\C(=O)C(=O)N(c3ccc(Cl)cc3)C2c2ccc(O)cc2)c1. The molecule has 1 saturated heterocycles. The third-order valence-electron chi connectivity index (χ3n) is 5.19. The number of hydrogen-bond donors (Lipinski definition) is 2. The Hall–Kier alpha value is -3.48. The van der Waals surface area contributed by atoms with Gasteiger partial charge in [-0.1, -0.05) is 35.3 Å². The monoisotopic (exact) mass is 469 g/mol. The molecule has 32 heavy (non-hydrogen) atoms. The molecule has 1 aliphatic rings. The highest BCUT2D eigenvalue weighted by atomic mass is 35.5. The van der Waals surface area contributed by atoms with Crippen molar-refractivity contribution in [2.75, 3.05) is 12.0 Å². The number of aliphatic hydroxyl groups excluding tert-OH is 1. The molecule has 3 aromatic rings. The van der Waals surface area contributed by atoms with E-state index in [0.29, 0.717) is 22.0 Å². The zero-order valence-electron chi connectivity index (χ0n) is 16.8. The van der Waals surface area contributed by atoms with Crippen molar-refractivity contribution in [3.8, 4) is 11.5 Å². The summed E-state index contributed by atoms with van der Waals surface area (Å²) in [7, 11) is 1.46. The molecule has 0 spiro atoms. The Balaban J connectivity index is 1.96. The predicted molar refractivity (Wildman–Crippen MR) is 122 cm³/mol. The third-order valence-corrected chi connectivity index (χ3v) is 5.77. The summed E-state index contributed by atoms with van der Waals surface area (Å²) in [6.45, 7) is 0. The summed E-state index contributed by atoms with van der Waals surface area (Å²) in [5, 5.41) is 21.5. The number of aliphatic hydroxyl groups is 1. The standard InChI is InChI=1S/C24H17Cl2NO5/c1-32-17-10-11-19(26)18(12-17)22(29)20-21(13-2-8-16(28)9-3-13)27(24(31)23(20)30)15-6-4-14(25)5-7-15/h2-12,21,28-29H,1H3/b22-20+. The van der Waals surface area contributed by atoms with E-state index in [1.54, 1.807) is 42.5 Å². The number of ketones is 1. The number of phenolic OH excluding ortho intramolecular Hbond substituents is 1. The molecule has 1 aliphatic heterocycles. The largest absolute Gasteiger partial charge is 0.508 e. The van der Waals surface area contributed by atoms with Gasteiger partial charge in [-0.15, -0.1) is 0 Å². The average Bonchev–Trinajstić information content (AvgIpc) is 3.05. The van der Waals surface area contributed by atoms with Crippen LogP contribution < -0.4 is 9.64 Å². The van der Waals surface area contributed by atoms with Gasteiger partial charge in [0.15, 0.2) is 0 Å². The van der Waals surface area contributed by atoms with Gasteiger partial charge in [0.05, 0.1) is 23.7 Å². The van der Waals surface area contributed by atoms with Crippen LogP contribution in [-0.4, -0.2) is 29.0 Å². The van der Waals surface area contributed by atoms with Crippen molar-refractivity contribution in [1.29, 1.82) is 0 Å². The lowest BCUT2D eigenvalue weighted by Crippen LogP contribution is -2.29. The zero-order valence-corrected chi connectivity index (χ0v) is 18.3. The highest BCUT2D eigenvalue weighted by Crippen LogP contribution is 2.43. The van der Waals surface area contributed by atoms with E-state index in [0.717, 1.165) is 0 Å². The van der Waals surface area contributed by atoms with Gasteiger partial charge in [-0.05, 0) is 60.2 Å². The maximum absolute atomic E-state index is 13.1. The van der Waals surface area contributed by atoms with Crippen molar-refractivity contribution in [3.05, 3.63) is 93.5 Å². The highest BCUT2D eigenvalue weighted by molar-refractivity contribution is 6.52. The minimum Gasteiger partial charge on any atom is -0.508 e. The number of benzene rings is 3. The number of nitrogens with zero attached hydrogens (tertiary/aromatic N) is 1. The molecule has 3 aromatic carbocycles. The van der Waals surface area contributed by atoms with Crippen molar-refractivity contribution in [2.24, 2.45) is 0 Å². The number of amides is 1. The second-order valence-electron chi connectivity index (χ2n) is 7.08. The second-order valence-corrected chi connectivity index (χ2v) is 7.93. The summed E-state index contributed by atoms with van der Waals surface area (Å²) in [6, 6.07) is 16.1. The fourth-order valence-electron chi connectivity index (χ4n) is 3.63. The first kappa shape index (κ1) is 21.7. The Morgan fingerprint density at radius 2 is 1.62 bits per heavy atom. The van der Waals surface area contributed by atoms with Crippen molar-refractivity contribution < 1.29 is 24.5 Å². The maximum atomic E-state index is 13.1. The van der Waals surface area contributed by atoms with Crippen LogP contribution in [0.3, 0.4) is 0 Å². The predicted octanol–water partition coefficient (Wildman–Crippen LogP) is 5.33. The van der Waals surface area contributed by atoms with E-state index in [4.69, 9.17) is 27.9 Å². The molecule has 162 valence electrons. The summed E-state index contributed by atoms with van der Waals surface area (Å²) in [6.07, 6.45) is 0. The molecule has 0 aliphatic carbocycles. The van der Waals surface area contributed by atoms with E-state index in [9.17, 15) is 19.8 Å². The van der Waals surface area contributed by atoms with Crippen molar-refractivity contribution >= 4 is 46.3 Å².